The Labute approximate surface area is 97.8 Å². The Morgan fingerprint density at radius 2 is 1.75 bits per heavy atom. The fraction of sp³-hybridized carbons (Fsp3) is 0. The van der Waals surface area contributed by atoms with Crippen molar-refractivity contribution in [3.63, 3.8) is 0 Å². The van der Waals surface area contributed by atoms with E-state index < -0.39 is 9.84 Å². The summed E-state index contributed by atoms with van der Waals surface area (Å²) in [6.07, 6.45) is 2.87. The second kappa shape index (κ2) is 4.27. The Hall–Kier alpha value is -1.33. The SMILES string of the molecule is O=C1C=C/C(=C/S(=O)(=O)c2ccccc2)S1. The van der Waals surface area contributed by atoms with Crippen molar-refractivity contribution < 1.29 is 13.2 Å². The molecule has 0 N–H and O–H groups in total. The lowest BCUT2D eigenvalue weighted by Crippen LogP contribution is -1.96. The van der Waals surface area contributed by atoms with Crippen LogP contribution in [0.3, 0.4) is 0 Å². The minimum Gasteiger partial charge on any atom is -0.282 e. The van der Waals surface area contributed by atoms with Gasteiger partial charge < -0.3 is 0 Å². The highest BCUT2D eigenvalue weighted by Gasteiger charge is 2.16. The summed E-state index contributed by atoms with van der Waals surface area (Å²) in [6.45, 7) is 0. The molecule has 1 aromatic carbocycles. The van der Waals surface area contributed by atoms with Gasteiger partial charge in [-0.15, -0.1) is 0 Å². The van der Waals surface area contributed by atoms with E-state index in [9.17, 15) is 13.2 Å². The van der Waals surface area contributed by atoms with Gasteiger partial charge in [0.1, 0.15) is 0 Å². The van der Waals surface area contributed by atoms with Gasteiger partial charge in [-0.1, -0.05) is 18.2 Å². The summed E-state index contributed by atoms with van der Waals surface area (Å²) < 4.78 is 23.7. The Bertz CT molecular complexity index is 569. The van der Waals surface area contributed by atoms with Crippen molar-refractivity contribution in [1.29, 1.82) is 0 Å². The molecule has 0 atom stereocenters. The zero-order valence-electron chi connectivity index (χ0n) is 8.16. The first kappa shape index (κ1) is 11.2. The Morgan fingerprint density at radius 1 is 1.06 bits per heavy atom. The summed E-state index contributed by atoms with van der Waals surface area (Å²) in [5.74, 6) is 0. The van der Waals surface area contributed by atoms with Gasteiger partial charge in [0.2, 0.25) is 15.0 Å². The Kier molecular flexibility index (Phi) is 2.98. The molecule has 0 saturated carbocycles. The third-order valence-electron chi connectivity index (χ3n) is 1.95. The molecule has 0 saturated heterocycles. The van der Waals surface area contributed by atoms with Gasteiger partial charge >= 0.3 is 0 Å². The number of allylic oxidation sites excluding steroid dienone is 1. The van der Waals surface area contributed by atoms with Crippen LogP contribution in [0.5, 0.6) is 0 Å². The van der Waals surface area contributed by atoms with Crippen molar-refractivity contribution in [3.05, 3.63) is 52.8 Å². The molecule has 0 bridgehead atoms. The van der Waals surface area contributed by atoms with E-state index in [1.54, 1.807) is 18.2 Å². The third-order valence-corrected chi connectivity index (χ3v) is 4.41. The lowest BCUT2D eigenvalue weighted by molar-refractivity contribution is -0.106. The van der Waals surface area contributed by atoms with Crippen molar-refractivity contribution in [2.45, 2.75) is 4.90 Å². The molecule has 1 aromatic rings. The van der Waals surface area contributed by atoms with E-state index in [2.05, 4.69) is 0 Å². The van der Waals surface area contributed by atoms with Crippen LogP contribution >= 0.6 is 11.8 Å². The van der Waals surface area contributed by atoms with E-state index in [0.29, 0.717) is 4.91 Å². The van der Waals surface area contributed by atoms with Crippen molar-refractivity contribution in [3.8, 4) is 0 Å². The number of carbonyl (C=O) groups is 1. The first-order valence-corrected chi connectivity index (χ1v) is 6.86. The fourth-order valence-electron chi connectivity index (χ4n) is 1.23. The van der Waals surface area contributed by atoms with E-state index in [-0.39, 0.29) is 10.0 Å². The smallest absolute Gasteiger partial charge is 0.216 e. The normalized spacial score (nSPS) is 18.2. The van der Waals surface area contributed by atoms with Crippen molar-refractivity contribution in [1.82, 2.24) is 0 Å². The zero-order chi connectivity index (χ0) is 11.6. The van der Waals surface area contributed by atoms with Crippen LogP contribution in [-0.4, -0.2) is 13.5 Å². The van der Waals surface area contributed by atoms with E-state index in [0.717, 1.165) is 17.2 Å². The van der Waals surface area contributed by atoms with Crippen LogP contribution in [0, 0.1) is 0 Å². The molecular formula is C11H8O3S2. The molecule has 0 aliphatic carbocycles. The molecule has 16 heavy (non-hydrogen) atoms. The first-order chi connectivity index (χ1) is 7.58. The van der Waals surface area contributed by atoms with Gasteiger partial charge in [-0.05, 0) is 36.0 Å². The minimum atomic E-state index is -3.45. The maximum atomic E-state index is 11.9. The van der Waals surface area contributed by atoms with Crippen molar-refractivity contribution >= 4 is 26.7 Å². The molecule has 1 heterocycles. The molecule has 0 fully saturated rings. The number of thioether (sulfide) groups is 1. The van der Waals surface area contributed by atoms with Crippen LogP contribution in [0.1, 0.15) is 0 Å². The highest BCUT2D eigenvalue weighted by atomic mass is 32.2. The molecule has 0 amide bonds. The summed E-state index contributed by atoms with van der Waals surface area (Å²) in [4.78, 5) is 11.6. The predicted molar refractivity (Wildman–Crippen MR) is 63.4 cm³/mol. The van der Waals surface area contributed by atoms with Crippen LogP contribution in [0.15, 0.2) is 57.7 Å². The molecule has 0 radical (unpaired) electrons. The minimum absolute atomic E-state index is 0.144. The van der Waals surface area contributed by atoms with Gasteiger partial charge in [0.15, 0.2) is 0 Å². The van der Waals surface area contributed by atoms with E-state index in [1.807, 2.05) is 0 Å². The molecule has 0 aromatic heterocycles. The van der Waals surface area contributed by atoms with Crippen LogP contribution in [0.25, 0.3) is 0 Å². The predicted octanol–water partition coefficient (Wildman–Crippen LogP) is 2.13. The number of carbonyl (C=O) groups excluding carboxylic acids is 1. The molecule has 3 nitrogen and oxygen atoms in total. The average molecular weight is 252 g/mol. The maximum absolute atomic E-state index is 11.9. The van der Waals surface area contributed by atoms with Gasteiger partial charge in [-0.2, -0.15) is 0 Å². The maximum Gasteiger partial charge on any atom is 0.216 e. The third kappa shape index (κ3) is 2.43. The molecule has 5 heteroatoms. The second-order valence-corrected chi connectivity index (χ2v) is 6.01. The average Bonchev–Trinajstić information content (AvgIpc) is 2.64. The lowest BCUT2D eigenvalue weighted by atomic mass is 10.4. The van der Waals surface area contributed by atoms with E-state index >= 15 is 0 Å². The lowest BCUT2D eigenvalue weighted by Gasteiger charge is -1.98. The fourth-order valence-corrected chi connectivity index (χ4v) is 3.36. The van der Waals surface area contributed by atoms with Crippen molar-refractivity contribution in [2.75, 3.05) is 0 Å². The quantitative estimate of drug-likeness (QED) is 0.809. The molecular weight excluding hydrogens is 244 g/mol. The zero-order valence-corrected chi connectivity index (χ0v) is 9.79. The number of hydrogen-bond acceptors (Lipinski definition) is 4. The van der Waals surface area contributed by atoms with Gasteiger partial charge in [-0.25, -0.2) is 8.42 Å². The summed E-state index contributed by atoms with van der Waals surface area (Å²) in [6, 6.07) is 8.12. The van der Waals surface area contributed by atoms with Crippen LogP contribution in [0.2, 0.25) is 0 Å². The number of hydrogen-bond donors (Lipinski definition) is 0. The standard InChI is InChI=1S/C11H8O3S2/c12-11-7-6-9(15-11)8-16(13,14)10-4-2-1-3-5-10/h1-8H/b9-8-. The van der Waals surface area contributed by atoms with Crippen LogP contribution in [-0.2, 0) is 14.6 Å². The summed E-state index contributed by atoms with van der Waals surface area (Å²) >= 11 is 0.919. The molecule has 82 valence electrons. The molecule has 0 spiro atoms. The first-order valence-electron chi connectivity index (χ1n) is 4.50. The van der Waals surface area contributed by atoms with Gasteiger partial charge in [0.25, 0.3) is 0 Å². The van der Waals surface area contributed by atoms with E-state index in [4.69, 9.17) is 0 Å². The Morgan fingerprint density at radius 3 is 2.31 bits per heavy atom. The molecule has 2 rings (SSSR count). The Balaban J connectivity index is 2.35. The number of benzene rings is 1. The largest absolute Gasteiger partial charge is 0.282 e. The van der Waals surface area contributed by atoms with E-state index in [1.165, 1.54) is 24.3 Å². The molecule has 1 aliphatic rings. The number of rotatable bonds is 2. The van der Waals surface area contributed by atoms with Gasteiger partial charge in [0.05, 0.1) is 4.90 Å². The number of sulfone groups is 1. The summed E-state index contributed by atoms with van der Waals surface area (Å²) in [7, 11) is -3.45. The van der Waals surface area contributed by atoms with Crippen molar-refractivity contribution in [2.24, 2.45) is 0 Å². The highest BCUT2D eigenvalue weighted by Crippen LogP contribution is 2.27. The van der Waals surface area contributed by atoms with Gasteiger partial charge in [-0.3, -0.25) is 4.79 Å². The van der Waals surface area contributed by atoms with Gasteiger partial charge in [0, 0.05) is 10.3 Å². The molecule has 1 aliphatic heterocycles. The summed E-state index contributed by atoms with van der Waals surface area (Å²) in [5, 5.41) is 0.975. The van der Waals surface area contributed by atoms with Crippen LogP contribution in [0.4, 0.5) is 0 Å². The monoisotopic (exact) mass is 252 g/mol. The summed E-state index contributed by atoms with van der Waals surface area (Å²) in [5.41, 5.74) is 0. The topological polar surface area (TPSA) is 51.2 Å². The second-order valence-electron chi connectivity index (χ2n) is 3.13. The highest BCUT2D eigenvalue weighted by molar-refractivity contribution is 8.18. The molecule has 0 unspecified atom stereocenters. The van der Waals surface area contributed by atoms with Crippen LogP contribution < -0.4 is 0 Å².